The van der Waals surface area contributed by atoms with Crippen LogP contribution in [0.1, 0.15) is 13.3 Å². The molecule has 3 rings (SSSR count). The fourth-order valence-electron chi connectivity index (χ4n) is 2.41. The molecule has 2 N–H and O–H groups in total. The number of likely N-dealkylation sites (tertiary alicyclic amines) is 1. The van der Waals surface area contributed by atoms with Crippen LogP contribution in [-0.2, 0) is 4.79 Å². The highest BCUT2D eigenvalue weighted by molar-refractivity contribution is 5.89. The third-order valence-corrected chi connectivity index (χ3v) is 3.81. The van der Waals surface area contributed by atoms with Crippen molar-refractivity contribution >= 4 is 23.6 Å². The second kappa shape index (κ2) is 4.72. The number of urea groups is 1. The molecule has 3 heterocycles. The molecule has 0 saturated carbocycles. The van der Waals surface area contributed by atoms with Gasteiger partial charge < -0.3 is 10.0 Å². The average molecular weight is 289 g/mol. The Hall–Kier alpha value is -2.64. The van der Waals surface area contributed by atoms with Crippen molar-refractivity contribution in [2.45, 2.75) is 13.3 Å². The molecule has 1 fully saturated rings. The van der Waals surface area contributed by atoms with Gasteiger partial charge in [0.1, 0.15) is 0 Å². The summed E-state index contributed by atoms with van der Waals surface area (Å²) in [6.07, 6.45) is 2.19. The highest BCUT2D eigenvalue weighted by Crippen LogP contribution is 2.30. The number of carbonyl (C=O) groups excluding carboxylic acids is 1. The van der Waals surface area contributed by atoms with Crippen molar-refractivity contribution in [3.63, 3.8) is 0 Å². The zero-order valence-corrected chi connectivity index (χ0v) is 11.5. The van der Waals surface area contributed by atoms with Crippen LogP contribution in [0.4, 0.5) is 10.7 Å². The Morgan fingerprint density at radius 1 is 1.38 bits per heavy atom. The van der Waals surface area contributed by atoms with Crippen LogP contribution in [0.25, 0.3) is 5.65 Å². The van der Waals surface area contributed by atoms with Crippen LogP contribution >= 0.6 is 0 Å². The SMILES string of the molecule is CC1(C(=O)O)CCN(C(=O)Nc2nnc3ccccn23)C1. The lowest BCUT2D eigenvalue weighted by Crippen LogP contribution is -2.37. The standard InChI is InChI=1S/C13H15N5O3/c1-13(10(19)20)5-7-17(8-13)12(21)14-11-16-15-9-4-2-3-6-18(9)11/h2-4,6H,5,7-8H2,1H3,(H,19,20)(H,14,16,21). The fraction of sp³-hybridized carbons (Fsp3) is 0.385. The van der Waals surface area contributed by atoms with Crippen molar-refractivity contribution in [1.82, 2.24) is 19.5 Å². The largest absolute Gasteiger partial charge is 0.481 e. The first kappa shape index (κ1) is 13.3. The molecule has 8 nitrogen and oxygen atoms in total. The summed E-state index contributed by atoms with van der Waals surface area (Å²) in [5.41, 5.74) is -0.255. The van der Waals surface area contributed by atoms with Gasteiger partial charge in [-0.15, -0.1) is 10.2 Å². The molecule has 0 aliphatic carbocycles. The number of carboxylic acid groups (broad SMARTS) is 1. The van der Waals surface area contributed by atoms with E-state index in [1.54, 1.807) is 23.6 Å². The van der Waals surface area contributed by atoms with Crippen LogP contribution in [0.3, 0.4) is 0 Å². The van der Waals surface area contributed by atoms with E-state index in [4.69, 9.17) is 0 Å². The van der Waals surface area contributed by atoms with Gasteiger partial charge in [0, 0.05) is 19.3 Å². The molecule has 0 aromatic carbocycles. The van der Waals surface area contributed by atoms with Gasteiger partial charge in [0.05, 0.1) is 5.41 Å². The predicted molar refractivity (Wildman–Crippen MR) is 73.9 cm³/mol. The first-order chi connectivity index (χ1) is 9.99. The minimum Gasteiger partial charge on any atom is -0.481 e. The summed E-state index contributed by atoms with van der Waals surface area (Å²) < 4.78 is 1.66. The number of carboxylic acids is 1. The number of amides is 2. The van der Waals surface area contributed by atoms with Crippen LogP contribution in [0.5, 0.6) is 0 Å². The van der Waals surface area contributed by atoms with Gasteiger partial charge in [0.15, 0.2) is 5.65 Å². The quantitative estimate of drug-likeness (QED) is 0.861. The summed E-state index contributed by atoms with van der Waals surface area (Å²) in [6, 6.07) is 5.05. The average Bonchev–Trinajstić information content (AvgIpc) is 3.05. The number of rotatable bonds is 2. The van der Waals surface area contributed by atoms with Gasteiger partial charge in [-0.05, 0) is 25.5 Å². The van der Waals surface area contributed by atoms with E-state index in [2.05, 4.69) is 15.5 Å². The van der Waals surface area contributed by atoms with Gasteiger partial charge in [-0.3, -0.25) is 14.5 Å². The van der Waals surface area contributed by atoms with Crippen molar-refractivity contribution in [3.05, 3.63) is 24.4 Å². The molecule has 2 aromatic rings. The van der Waals surface area contributed by atoms with Crippen molar-refractivity contribution < 1.29 is 14.7 Å². The highest BCUT2D eigenvalue weighted by atomic mass is 16.4. The first-order valence-electron chi connectivity index (χ1n) is 6.59. The summed E-state index contributed by atoms with van der Waals surface area (Å²) in [6.45, 7) is 2.24. The van der Waals surface area contributed by atoms with Gasteiger partial charge in [0.2, 0.25) is 5.95 Å². The zero-order chi connectivity index (χ0) is 15.0. The van der Waals surface area contributed by atoms with E-state index < -0.39 is 11.4 Å². The number of hydrogen-bond acceptors (Lipinski definition) is 4. The number of anilines is 1. The van der Waals surface area contributed by atoms with E-state index in [1.165, 1.54) is 4.90 Å². The molecule has 1 saturated heterocycles. The maximum Gasteiger partial charge on any atom is 0.324 e. The molecular weight excluding hydrogens is 274 g/mol. The Kier molecular flexibility index (Phi) is 3.00. The van der Waals surface area contributed by atoms with Crippen LogP contribution in [-0.4, -0.2) is 49.7 Å². The number of aliphatic carboxylic acids is 1. The van der Waals surface area contributed by atoms with Crippen molar-refractivity contribution in [2.24, 2.45) is 5.41 Å². The van der Waals surface area contributed by atoms with Gasteiger partial charge >= 0.3 is 12.0 Å². The van der Waals surface area contributed by atoms with E-state index in [9.17, 15) is 14.7 Å². The molecule has 1 aliphatic rings. The van der Waals surface area contributed by atoms with Gasteiger partial charge in [-0.1, -0.05) is 6.07 Å². The molecule has 21 heavy (non-hydrogen) atoms. The van der Waals surface area contributed by atoms with E-state index in [1.807, 2.05) is 12.1 Å². The minimum atomic E-state index is -0.885. The van der Waals surface area contributed by atoms with Crippen LogP contribution in [0.15, 0.2) is 24.4 Å². The molecule has 1 aliphatic heterocycles. The Balaban J connectivity index is 1.74. The molecule has 1 unspecified atom stereocenters. The summed E-state index contributed by atoms with van der Waals surface area (Å²) in [5, 5.41) is 19.7. The highest BCUT2D eigenvalue weighted by Gasteiger charge is 2.42. The van der Waals surface area contributed by atoms with Gasteiger partial charge in [-0.25, -0.2) is 4.79 Å². The van der Waals surface area contributed by atoms with Crippen molar-refractivity contribution in [3.8, 4) is 0 Å². The summed E-state index contributed by atoms with van der Waals surface area (Å²) in [5.74, 6) is -0.565. The smallest absolute Gasteiger partial charge is 0.324 e. The number of aromatic nitrogens is 3. The molecule has 0 bridgehead atoms. The summed E-state index contributed by atoms with van der Waals surface area (Å²) >= 11 is 0. The Morgan fingerprint density at radius 3 is 2.90 bits per heavy atom. The molecule has 1 atom stereocenters. The Labute approximate surface area is 120 Å². The summed E-state index contributed by atoms with van der Waals surface area (Å²) in [4.78, 5) is 24.9. The monoisotopic (exact) mass is 289 g/mol. The normalized spacial score (nSPS) is 21.7. The molecular formula is C13H15N5O3. The van der Waals surface area contributed by atoms with E-state index in [-0.39, 0.29) is 12.6 Å². The molecule has 8 heteroatoms. The molecule has 110 valence electrons. The third kappa shape index (κ3) is 2.28. The maximum absolute atomic E-state index is 12.2. The predicted octanol–water partition coefficient (Wildman–Crippen LogP) is 1.06. The lowest BCUT2D eigenvalue weighted by atomic mass is 9.90. The fourth-order valence-corrected chi connectivity index (χ4v) is 2.41. The Morgan fingerprint density at radius 2 is 2.19 bits per heavy atom. The van der Waals surface area contributed by atoms with Crippen molar-refractivity contribution in [2.75, 3.05) is 18.4 Å². The van der Waals surface area contributed by atoms with Crippen LogP contribution in [0, 0.1) is 5.41 Å². The Bertz CT molecular complexity index is 713. The number of fused-ring (bicyclic) bond motifs is 1. The van der Waals surface area contributed by atoms with E-state index >= 15 is 0 Å². The van der Waals surface area contributed by atoms with Gasteiger partial charge in [-0.2, -0.15) is 0 Å². The third-order valence-electron chi connectivity index (χ3n) is 3.81. The minimum absolute atomic E-state index is 0.185. The number of carbonyl (C=O) groups is 2. The first-order valence-corrected chi connectivity index (χ1v) is 6.59. The molecule has 2 aromatic heterocycles. The second-order valence-corrected chi connectivity index (χ2v) is 5.42. The van der Waals surface area contributed by atoms with Crippen LogP contribution in [0.2, 0.25) is 0 Å². The summed E-state index contributed by atoms with van der Waals surface area (Å²) in [7, 11) is 0. The lowest BCUT2D eigenvalue weighted by molar-refractivity contribution is -0.146. The molecule has 2 amide bonds. The van der Waals surface area contributed by atoms with Crippen LogP contribution < -0.4 is 5.32 Å². The maximum atomic E-state index is 12.2. The second-order valence-electron chi connectivity index (χ2n) is 5.42. The number of hydrogen-bond donors (Lipinski definition) is 2. The van der Waals surface area contributed by atoms with Gasteiger partial charge in [0.25, 0.3) is 0 Å². The number of pyridine rings is 1. The zero-order valence-electron chi connectivity index (χ0n) is 11.5. The molecule has 0 spiro atoms. The van der Waals surface area contributed by atoms with E-state index in [0.29, 0.717) is 24.6 Å². The molecule has 0 radical (unpaired) electrons. The number of nitrogens with one attached hydrogen (secondary N) is 1. The van der Waals surface area contributed by atoms with Crippen molar-refractivity contribution in [1.29, 1.82) is 0 Å². The van der Waals surface area contributed by atoms with E-state index in [0.717, 1.165) is 0 Å². The lowest BCUT2D eigenvalue weighted by Gasteiger charge is -2.20. The number of nitrogens with zero attached hydrogens (tertiary/aromatic N) is 4. The topological polar surface area (TPSA) is 99.8 Å².